The van der Waals surface area contributed by atoms with E-state index in [1.54, 1.807) is 26.0 Å². The molecule has 3 atom stereocenters. The van der Waals surface area contributed by atoms with E-state index in [9.17, 15) is 24.9 Å². The Hall–Kier alpha value is -1.72. The lowest BCUT2D eigenvalue weighted by Gasteiger charge is -2.33. The van der Waals surface area contributed by atoms with Gasteiger partial charge in [-0.15, -0.1) is 0 Å². The quantitative estimate of drug-likeness (QED) is 0.484. The molecule has 0 aromatic carbocycles. The standard InChI is InChI=1S/C20H30O5/c1-11(2)7-9-14-18(23)16(17(22)13(5)6)19(24)20(14,25)15(21)10-8-12(3)4/h7-8,13-15,21,24-25H,9-10H2,1-6H3/t14?,15-,20?/m0/s1. The van der Waals surface area contributed by atoms with Crippen molar-refractivity contribution in [3.63, 3.8) is 0 Å². The maximum absolute atomic E-state index is 12.8. The topological polar surface area (TPSA) is 94.8 Å². The fourth-order valence-electron chi connectivity index (χ4n) is 2.94. The molecule has 0 spiro atoms. The van der Waals surface area contributed by atoms with Crippen molar-refractivity contribution in [2.24, 2.45) is 11.8 Å². The number of hydrogen-bond donors (Lipinski definition) is 3. The highest BCUT2D eigenvalue weighted by atomic mass is 16.4. The third-order valence-corrected chi connectivity index (χ3v) is 4.50. The zero-order valence-corrected chi connectivity index (χ0v) is 16.0. The van der Waals surface area contributed by atoms with Crippen molar-refractivity contribution in [3.8, 4) is 0 Å². The van der Waals surface area contributed by atoms with Crippen LogP contribution in [-0.4, -0.2) is 38.6 Å². The van der Waals surface area contributed by atoms with E-state index < -0.39 is 40.9 Å². The number of ketones is 2. The molecule has 0 saturated heterocycles. The fraction of sp³-hybridized carbons (Fsp3) is 0.600. The molecule has 0 heterocycles. The van der Waals surface area contributed by atoms with E-state index in [-0.39, 0.29) is 18.4 Å². The number of aliphatic hydroxyl groups excluding tert-OH is 2. The van der Waals surface area contributed by atoms with Gasteiger partial charge >= 0.3 is 0 Å². The Morgan fingerprint density at radius 3 is 2.12 bits per heavy atom. The first kappa shape index (κ1) is 21.3. The van der Waals surface area contributed by atoms with Crippen molar-refractivity contribution in [2.75, 3.05) is 0 Å². The molecule has 0 aromatic rings. The minimum Gasteiger partial charge on any atom is -0.508 e. The van der Waals surface area contributed by atoms with Crippen LogP contribution in [0.5, 0.6) is 0 Å². The second kappa shape index (κ2) is 8.11. The molecule has 0 aliphatic heterocycles. The number of Topliss-reactive ketones (excluding diaryl/α,β-unsaturated/α-hetero) is 2. The summed E-state index contributed by atoms with van der Waals surface area (Å²) >= 11 is 0. The molecule has 25 heavy (non-hydrogen) atoms. The Morgan fingerprint density at radius 1 is 1.16 bits per heavy atom. The number of hydrogen-bond acceptors (Lipinski definition) is 5. The van der Waals surface area contributed by atoms with Crippen LogP contribution in [-0.2, 0) is 9.59 Å². The first-order valence-electron chi connectivity index (χ1n) is 8.63. The smallest absolute Gasteiger partial charge is 0.176 e. The molecule has 1 aliphatic carbocycles. The summed E-state index contributed by atoms with van der Waals surface area (Å²) in [4.78, 5) is 25.1. The van der Waals surface area contributed by atoms with Gasteiger partial charge in [0, 0.05) is 5.92 Å². The van der Waals surface area contributed by atoms with Crippen LogP contribution in [0.1, 0.15) is 54.4 Å². The molecule has 5 nitrogen and oxygen atoms in total. The minimum atomic E-state index is -2.16. The molecule has 140 valence electrons. The summed E-state index contributed by atoms with van der Waals surface area (Å²) in [7, 11) is 0. The van der Waals surface area contributed by atoms with Gasteiger partial charge in [0.2, 0.25) is 0 Å². The van der Waals surface area contributed by atoms with Crippen LogP contribution in [0.4, 0.5) is 0 Å². The van der Waals surface area contributed by atoms with Gasteiger partial charge in [0.05, 0.1) is 12.0 Å². The van der Waals surface area contributed by atoms with Gasteiger partial charge in [-0.3, -0.25) is 9.59 Å². The molecule has 0 fully saturated rings. The average molecular weight is 350 g/mol. The minimum absolute atomic E-state index is 0.0741. The van der Waals surface area contributed by atoms with Gasteiger partial charge in [-0.25, -0.2) is 0 Å². The van der Waals surface area contributed by atoms with Gasteiger partial charge in [0.1, 0.15) is 11.3 Å². The highest BCUT2D eigenvalue weighted by Crippen LogP contribution is 2.43. The second-order valence-corrected chi connectivity index (χ2v) is 7.53. The van der Waals surface area contributed by atoms with E-state index in [0.29, 0.717) is 0 Å². The lowest BCUT2D eigenvalue weighted by Crippen LogP contribution is -2.49. The Bertz CT molecular complexity index is 630. The molecule has 0 bridgehead atoms. The van der Waals surface area contributed by atoms with Gasteiger partial charge in [-0.2, -0.15) is 0 Å². The largest absolute Gasteiger partial charge is 0.508 e. The van der Waals surface area contributed by atoms with Crippen LogP contribution in [0.15, 0.2) is 34.6 Å². The molecular weight excluding hydrogens is 320 g/mol. The molecule has 3 N–H and O–H groups in total. The van der Waals surface area contributed by atoms with E-state index >= 15 is 0 Å². The summed E-state index contributed by atoms with van der Waals surface area (Å²) in [5.41, 5.74) is -0.651. The summed E-state index contributed by atoms with van der Waals surface area (Å²) in [6.45, 7) is 10.6. The fourth-order valence-corrected chi connectivity index (χ4v) is 2.94. The normalized spacial score (nSPS) is 24.5. The molecule has 0 saturated carbocycles. The number of rotatable bonds is 7. The average Bonchev–Trinajstić information content (AvgIpc) is 2.69. The molecule has 0 radical (unpaired) electrons. The highest BCUT2D eigenvalue weighted by Gasteiger charge is 2.58. The van der Waals surface area contributed by atoms with Crippen LogP contribution in [0, 0.1) is 11.8 Å². The molecule has 1 rings (SSSR count). The first-order valence-corrected chi connectivity index (χ1v) is 8.63. The Balaban J connectivity index is 3.42. The first-order chi connectivity index (χ1) is 11.4. The van der Waals surface area contributed by atoms with Crippen molar-refractivity contribution in [1.29, 1.82) is 0 Å². The highest BCUT2D eigenvalue weighted by molar-refractivity contribution is 6.24. The van der Waals surface area contributed by atoms with Crippen LogP contribution >= 0.6 is 0 Å². The van der Waals surface area contributed by atoms with Crippen LogP contribution in [0.2, 0.25) is 0 Å². The van der Waals surface area contributed by atoms with Gasteiger partial charge < -0.3 is 15.3 Å². The van der Waals surface area contributed by atoms with Crippen molar-refractivity contribution < 1.29 is 24.9 Å². The Kier molecular flexibility index (Phi) is 6.91. The summed E-state index contributed by atoms with van der Waals surface area (Å²) in [6, 6.07) is 0. The molecule has 5 heteroatoms. The summed E-state index contributed by atoms with van der Waals surface area (Å²) < 4.78 is 0. The lowest BCUT2D eigenvalue weighted by molar-refractivity contribution is -0.134. The van der Waals surface area contributed by atoms with Crippen LogP contribution in [0.3, 0.4) is 0 Å². The van der Waals surface area contributed by atoms with Gasteiger partial charge in [-0.1, -0.05) is 37.1 Å². The van der Waals surface area contributed by atoms with Crippen molar-refractivity contribution >= 4 is 11.6 Å². The maximum Gasteiger partial charge on any atom is 0.176 e. The predicted molar refractivity (Wildman–Crippen MR) is 97.0 cm³/mol. The summed E-state index contributed by atoms with van der Waals surface area (Å²) in [5, 5.41) is 32.2. The molecular formula is C20H30O5. The van der Waals surface area contributed by atoms with Crippen LogP contribution in [0.25, 0.3) is 0 Å². The van der Waals surface area contributed by atoms with Crippen LogP contribution < -0.4 is 0 Å². The maximum atomic E-state index is 12.8. The number of aliphatic hydroxyl groups is 3. The van der Waals surface area contributed by atoms with E-state index in [0.717, 1.165) is 11.1 Å². The van der Waals surface area contributed by atoms with E-state index in [2.05, 4.69) is 0 Å². The summed E-state index contributed by atoms with van der Waals surface area (Å²) in [6.07, 6.45) is 2.31. The molecule has 0 aromatic heterocycles. The summed E-state index contributed by atoms with van der Waals surface area (Å²) in [5.74, 6) is -3.40. The number of carbonyl (C=O) groups is 2. The zero-order chi connectivity index (χ0) is 19.5. The number of carbonyl (C=O) groups excluding carboxylic acids is 2. The van der Waals surface area contributed by atoms with Gasteiger partial charge in [0.25, 0.3) is 0 Å². The zero-order valence-electron chi connectivity index (χ0n) is 16.0. The Morgan fingerprint density at radius 2 is 1.68 bits per heavy atom. The van der Waals surface area contributed by atoms with Crippen molar-refractivity contribution in [3.05, 3.63) is 34.6 Å². The second-order valence-electron chi connectivity index (χ2n) is 7.53. The van der Waals surface area contributed by atoms with Gasteiger partial charge in [-0.05, 0) is 40.5 Å². The van der Waals surface area contributed by atoms with E-state index in [4.69, 9.17) is 0 Å². The molecule has 2 unspecified atom stereocenters. The third kappa shape index (κ3) is 4.28. The molecule has 0 amide bonds. The van der Waals surface area contributed by atoms with Crippen molar-refractivity contribution in [1.82, 2.24) is 0 Å². The SMILES string of the molecule is CC(C)=CCC1C(=O)C(C(=O)C(C)C)=C(O)C1(O)[C@@H](O)CC=C(C)C. The molecule has 1 aliphatic rings. The third-order valence-electron chi connectivity index (χ3n) is 4.50. The Labute approximate surface area is 149 Å². The predicted octanol–water partition coefficient (Wildman–Crippen LogP) is 3.03. The van der Waals surface area contributed by atoms with Gasteiger partial charge in [0.15, 0.2) is 17.2 Å². The van der Waals surface area contributed by atoms with E-state index in [1.807, 2.05) is 27.7 Å². The number of allylic oxidation sites excluding steroid dienone is 4. The van der Waals surface area contributed by atoms with Crippen molar-refractivity contribution in [2.45, 2.75) is 66.1 Å². The monoisotopic (exact) mass is 350 g/mol. The van der Waals surface area contributed by atoms with E-state index in [1.165, 1.54) is 0 Å². The lowest BCUT2D eigenvalue weighted by atomic mass is 9.80.